The average Bonchev–Trinajstić information content (AvgIpc) is 2.75. The van der Waals surface area contributed by atoms with E-state index in [-0.39, 0.29) is 5.97 Å². The molecule has 0 aromatic rings. The number of hydrogen-bond donors (Lipinski definition) is 0. The van der Waals surface area contributed by atoms with Crippen LogP contribution in [-0.4, -0.2) is 12.6 Å². The van der Waals surface area contributed by atoms with Gasteiger partial charge in [0.15, 0.2) is 0 Å². The van der Waals surface area contributed by atoms with E-state index in [1.54, 1.807) is 0 Å². The number of carbonyl (C=O) groups excluding carboxylic acids is 1. The molecule has 0 aromatic heterocycles. The van der Waals surface area contributed by atoms with Gasteiger partial charge in [-0.15, -0.1) is 6.58 Å². The van der Waals surface area contributed by atoms with E-state index in [1.165, 1.54) is 121 Å². The Morgan fingerprint density at radius 3 is 1.42 bits per heavy atom. The predicted molar refractivity (Wildman–Crippen MR) is 149 cm³/mol. The van der Waals surface area contributed by atoms with Crippen LogP contribution in [0.2, 0.25) is 0 Å². The van der Waals surface area contributed by atoms with Crippen LogP contribution in [0.4, 0.5) is 0 Å². The molecule has 0 aromatic carbocycles. The number of allylic oxidation sites excluding steroid dienone is 1. The van der Waals surface area contributed by atoms with Gasteiger partial charge in [0.1, 0.15) is 0 Å². The molecule has 0 unspecified atom stereocenters. The first-order chi connectivity index (χ1) is 15.9. The Morgan fingerprint density at radius 1 is 0.636 bits per heavy atom. The fraction of sp³-hybridized carbons (Fsp3) is 0.903. The molecule has 0 atom stereocenters. The summed E-state index contributed by atoms with van der Waals surface area (Å²) < 4.78 is 5.38. The van der Waals surface area contributed by atoms with E-state index >= 15 is 0 Å². The minimum Gasteiger partial charge on any atom is -0.466 e. The molecular weight excluding hydrogens is 404 g/mol. The second-order valence-corrected chi connectivity index (χ2v) is 10.7. The second kappa shape index (κ2) is 29.2. The molecule has 0 heterocycles. The molecule has 0 aliphatic heterocycles. The van der Waals surface area contributed by atoms with E-state index in [2.05, 4.69) is 27.4 Å². The van der Waals surface area contributed by atoms with Gasteiger partial charge in [-0.25, -0.2) is 0 Å². The monoisotopic (exact) mass is 466 g/mol. The van der Waals surface area contributed by atoms with E-state index in [4.69, 9.17) is 4.74 Å². The molecule has 0 fully saturated rings. The van der Waals surface area contributed by atoms with Gasteiger partial charge in [0.05, 0.1) is 6.61 Å². The van der Waals surface area contributed by atoms with Gasteiger partial charge in [0.2, 0.25) is 0 Å². The third kappa shape index (κ3) is 38.8. The van der Waals surface area contributed by atoms with Crippen LogP contribution in [-0.2, 0) is 9.53 Å². The number of esters is 1. The SMILES string of the molecule is C=C(C)C.CCCCCCCCCCCCCC(=O)OCCCCCCCCCCC(C)C. The Balaban J connectivity index is 0. The average molecular weight is 467 g/mol. The number of rotatable bonds is 23. The van der Waals surface area contributed by atoms with Gasteiger partial charge in [0, 0.05) is 6.42 Å². The first kappa shape index (κ1) is 34.4. The molecule has 0 bridgehead atoms. The van der Waals surface area contributed by atoms with Gasteiger partial charge in [-0.05, 0) is 32.6 Å². The number of hydrogen-bond acceptors (Lipinski definition) is 2. The van der Waals surface area contributed by atoms with E-state index in [0.29, 0.717) is 13.0 Å². The predicted octanol–water partition coefficient (Wildman–Crippen LogP) is 11.0. The van der Waals surface area contributed by atoms with Gasteiger partial charge in [-0.1, -0.05) is 142 Å². The highest BCUT2D eigenvalue weighted by atomic mass is 16.5. The lowest BCUT2D eigenvalue weighted by Gasteiger charge is -2.06. The summed E-state index contributed by atoms with van der Waals surface area (Å²) in [6.07, 6.45) is 27.0. The van der Waals surface area contributed by atoms with Crippen LogP contribution in [0.25, 0.3) is 0 Å². The third-order valence-electron chi connectivity index (χ3n) is 5.92. The molecule has 0 aliphatic rings. The van der Waals surface area contributed by atoms with E-state index < -0.39 is 0 Å². The van der Waals surface area contributed by atoms with Crippen LogP contribution < -0.4 is 0 Å². The zero-order valence-corrected chi connectivity index (χ0v) is 23.7. The number of ether oxygens (including phenoxy) is 1. The Morgan fingerprint density at radius 2 is 1.00 bits per heavy atom. The minimum atomic E-state index is 0.0195. The summed E-state index contributed by atoms with van der Waals surface area (Å²) >= 11 is 0. The number of carbonyl (C=O) groups is 1. The molecule has 2 heteroatoms. The molecule has 2 nitrogen and oxygen atoms in total. The van der Waals surface area contributed by atoms with Crippen LogP contribution in [0.3, 0.4) is 0 Å². The van der Waals surface area contributed by atoms with Crippen molar-refractivity contribution in [3.63, 3.8) is 0 Å². The zero-order chi connectivity index (χ0) is 25.0. The van der Waals surface area contributed by atoms with Gasteiger partial charge in [-0.2, -0.15) is 0 Å². The molecule has 0 N–H and O–H groups in total. The highest BCUT2D eigenvalue weighted by Gasteiger charge is 2.02. The molecule has 0 spiro atoms. The molecule has 0 saturated carbocycles. The lowest BCUT2D eigenvalue weighted by Crippen LogP contribution is -2.05. The summed E-state index contributed by atoms with van der Waals surface area (Å²) in [5, 5.41) is 0. The van der Waals surface area contributed by atoms with Crippen molar-refractivity contribution in [2.75, 3.05) is 6.61 Å². The molecule has 0 radical (unpaired) electrons. The summed E-state index contributed by atoms with van der Waals surface area (Å²) in [5.74, 6) is 0.874. The Bertz CT molecular complexity index is 396. The molecule has 0 amide bonds. The van der Waals surface area contributed by atoms with Crippen molar-refractivity contribution >= 4 is 5.97 Å². The van der Waals surface area contributed by atoms with Crippen molar-refractivity contribution in [3.8, 4) is 0 Å². The normalized spacial score (nSPS) is 10.7. The lowest BCUT2D eigenvalue weighted by atomic mass is 10.0. The van der Waals surface area contributed by atoms with Crippen molar-refractivity contribution in [1.29, 1.82) is 0 Å². The Labute approximate surface area is 209 Å². The van der Waals surface area contributed by atoms with Gasteiger partial charge < -0.3 is 4.74 Å². The van der Waals surface area contributed by atoms with Crippen molar-refractivity contribution in [1.82, 2.24) is 0 Å². The first-order valence-corrected chi connectivity index (χ1v) is 14.7. The maximum atomic E-state index is 11.8. The molecule has 0 rings (SSSR count). The molecule has 0 aliphatic carbocycles. The maximum absolute atomic E-state index is 11.8. The van der Waals surface area contributed by atoms with Crippen molar-refractivity contribution in [2.45, 2.75) is 169 Å². The van der Waals surface area contributed by atoms with E-state index in [9.17, 15) is 4.79 Å². The minimum absolute atomic E-state index is 0.0195. The summed E-state index contributed by atoms with van der Waals surface area (Å²) in [4.78, 5) is 11.8. The van der Waals surface area contributed by atoms with Crippen molar-refractivity contribution < 1.29 is 9.53 Å². The van der Waals surface area contributed by atoms with Gasteiger partial charge in [0.25, 0.3) is 0 Å². The fourth-order valence-electron chi connectivity index (χ4n) is 3.91. The second-order valence-electron chi connectivity index (χ2n) is 10.7. The topological polar surface area (TPSA) is 26.3 Å². The van der Waals surface area contributed by atoms with E-state index in [0.717, 1.165) is 18.8 Å². The molecule has 0 saturated heterocycles. The van der Waals surface area contributed by atoms with Crippen LogP contribution in [0, 0.1) is 5.92 Å². The van der Waals surface area contributed by atoms with Crippen molar-refractivity contribution in [2.24, 2.45) is 5.92 Å². The van der Waals surface area contributed by atoms with Gasteiger partial charge in [-0.3, -0.25) is 4.79 Å². The number of unbranched alkanes of at least 4 members (excludes halogenated alkanes) is 17. The third-order valence-corrected chi connectivity index (χ3v) is 5.92. The van der Waals surface area contributed by atoms with E-state index in [1.807, 2.05) is 13.8 Å². The fourth-order valence-corrected chi connectivity index (χ4v) is 3.91. The lowest BCUT2D eigenvalue weighted by molar-refractivity contribution is -0.143. The largest absolute Gasteiger partial charge is 0.466 e. The summed E-state index contributed by atoms with van der Waals surface area (Å²) in [7, 11) is 0. The summed E-state index contributed by atoms with van der Waals surface area (Å²) in [5.41, 5.74) is 1.17. The highest BCUT2D eigenvalue weighted by molar-refractivity contribution is 5.69. The first-order valence-electron chi connectivity index (χ1n) is 14.7. The summed E-state index contributed by atoms with van der Waals surface area (Å²) in [6, 6.07) is 0. The van der Waals surface area contributed by atoms with Crippen molar-refractivity contribution in [3.05, 3.63) is 12.2 Å². The van der Waals surface area contributed by atoms with Crippen LogP contribution in [0.15, 0.2) is 12.2 Å². The molecular formula is C31H62O2. The smallest absolute Gasteiger partial charge is 0.305 e. The Kier molecular flexibility index (Phi) is 30.5. The summed E-state index contributed by atoms with van der Waals surface area (Å²) in [6.45, 7) is 15.0. The highest BCUT2D eigenvalue weighted by Crippen LogP contribution is 2.14. The van der Waals surface area contributed by atoms with Crippen LogP contribution >= 0.6 is 0 Å². The zero-order valence-electron chi connectivity index (χ0n) is 23.7. The van der Waals surface area contributed by atoms with Crippen LogP contribution in [0.1, 0.15) is 169 Å². The van der Waals surface area contributed by atoms with Gasteiger partial charge >= 0.3 is 5.97 Å². The quantitative estimate of drug-likeness (QED) is 0.0850. The Hall–Kier alpha value is -0.790. The van der Waals surface area contributed by atoms with Crippen LogP contribution in [0.5, 0.6) is 0 Å². The molecule has 33 heavy (non-hydrogen) atoms. The molecule has 198 valence electrons. The standard InChI is InChI=1S/C27H54O2.C4H8/c1-4-5-6-7-8-9-10-11-15-18-21-24-27(28)29-25-22-19-16-13-12-14-17-20-23-26(2)3;1-4(2)3/h26H,4-25H2,1-3H3;1H2,2-3H3. The maximum Gasteiger partial charge on any atom is 0.305 e.